The average molecular weight is 562 g/mol. The number of aliphatic hydroxyl groups is 1. The summed E-state index contributed by atoms with van der Waals surface area (Å²) >= 11 is 7.07. The molecule has 3 heterocycles. The second-order valence-electron chi connectivity index (χ2n) is 10.2. The van der Waals surface area contributed by atoms with E-state index in [2.05, 4.69) is 15.3 Å². The first-order valence-electron chi connectivity index (χ1n) is 13.0. The minimum atomic E-state index is -2.91. The van der Waals surface area contributed by atoms with Gasteiger partial charge in [-0.3, -0.25) is 9.97 Å². The summed E-state index contributed by atoms with van der Waals surface area (Å²) < 4.78 is 29.0. The van der Waals surface area contributed by atoms with Crippen LogP contribution in [0.1, 0.15) is 64.4 Å². The van der Waals surface area contributed by atoms with Crippen LogP contribution in [0.25, 0.3) is 10.9 Å². The van der Waals surface area contributed by atoms with Gasteiger partial charge in [-0.15, -0.1) is 5.10 Å². The maximum Gasteiger partial charge on any atom is 0.270 e. The Morgan fingerprint density at radius 1 is 0.975 bits per heavy atom. The Balaban J connectivity index is 1.68. The molecule has 0 bridgehead atoms. The third kappa shape index (κ3) is 4.86. The van der Waals surface area contributed by atoms with Crippen LogP contribution in [0.2, 0.25) is 5.02 Å². The molecule has 0 aliphatic heterocycles. The van der Waals surface area contributed by atoms with Gasteiger partial charge in [0.1, 0.15) is 0 Å². The van der Waals surface area contributed by atoms with Gasteiger partial charge >= 0.3 is 0 Å². The van der Waals surface area contributed by atoms with Crippen LogP contribution in [-0.2, 0) is 31.4 Å². The first kappa shape index (κ1) is 27.8. The Bertz CT molecular complexity index is 1710. The highest BCUT2D eigenvalue weighted by Crippen LogP contribution is 2.40. The fraction of sp³-hybridized carbons (Fsp3) is 0.290. The van der Waals surface area contributed by atoms with Gasteiger partial charge < -0.3 is 5.11 Å². The number of benzene rings is 2. The molecule has 5 aromatic rings. The van der Waals surface area contributed by atoms with Crippen molar-refractivity contribution in [2.24, 2.45) is 7.05 Å². The fourth-order valence-corrected chi connectivity index (χ4v) is 5.58. The zero-order valence-electron chi connectivity index (χ0n) is 23.0. The fourth-order valence-electron chi connectivity index (χ4n) is 5.26. The van der Waals surface area contributed by atoms with Crippen molar-refractivity contribution < 1.29 is 13.9 Å². The van der Waals surface area contributed by atoms with Crippen LogP contribution in [-0.4, -0.2) is 30.1 Å². The highest BCUT2D eigenvalue weighted by molar-refractivity contribution is 6.36. The lowest BCUT2D eigenvalue weighted by Gasteiger charge is -2.30. The minimum absolute atomic E-state index is 0.0378. The van der Waals surface area contributed by atoms with Crippen molar-refractivity contribution in [2.45, 2.75) is 52.1 Å². The van der Waals surface area contributed by atoms with Crippen molar-refractivity contribution >= 4 is 22.5 Å². The van der Waals surface area contributed by atoms with Crippen LogP contribution >= 0.6 is 11.6 Å². The Morgan fingerprint density at radius 2 is 1.68 bits per heavy atom. The molecule has 2 aromatic carbocycles. The third-order valence-corrected chi connectivity index (χ3v) is 7.83. The summed E-state index contributed by atoms with van der Waals surface area (Å²) in [5.41, 5.74) is 4.69. The number of fused-ring (bicyclic) bond motifs is 1. The summed E-state index contributed by atoms with van der Waals surface area (Å²) in [5, 5.41) is 21.7. The molecule has 0 aliphatic carbocycles. The molecule has 0 saturated carbocycles. The van der Waals surface area contributed by atoms with Gasteiger partial charge in [0.05, 0.1) is 22.4 Å². The van der Waals surface area contributed by atoms with Crippen molar-refractivity contribution in [1.29, 1.82) is 0 Å². The quantitative estimate of drug-likeness (QED) is 0.243. The number of aryl methyl sites for hydroxylation is 4. The smallest absolute Gasteiger partial charge is 0.270 e. The number of halogens is 3. The monoisotopic (exact) mass is 561 g/mol. The summed E-state index contributed by atoms with van der Waals surface area (Å²) in [4.78, 5) is 9.48. The minimum Gasteiger partial charge on any atom is -0.374 e. The van der Waals surface area contributed by atoms with Crippen molar-refractivity contribution in [3.05, 3.63) is 116 Å². The molecule has 5 rings (SSSR count). The molecular weight excluding hydrogens is 532 g/mol. The topological polar surface area (TPSA) is 76.7 Å². The molecule has 1 atom stereocenters. The Morgan fingerprint density at radius 3 is 2.27 bits per heavy atom. The lowest BCUT2D eigenvalue weighted by molar-refractivity contribution is 0.0174. The molecule has 206 valence electrons. The number of nitrogens with zero attached hydrogens (tertiary/aromatic N) is 5. The molecule has 1 unspecified atom stereocenters. The van der Waals surface area contributed by atoms with Crippen LogP contribution in [0.5, 0.6) is 0 Å². The van der Waals surface area contributed by atoms with Crippen LogP contribution in [0.4, 0.5) is 8.78 Å². The highest BCUT2D eigenvalue weighted by Gasteiger charge is 2.39. The number of hydrogen-bond acceptors (Lipinski definition) is 5. The molecule has 0 spiro atoms. The average Bonchev–Trinajstić information content (AvgIpc) is 3.35. The van der Waals surface area contributed by atoms with E-state index in [9.17, 15) is 13.9 Å². The third-order valence-electron chi connectivity index (χ3n) is 7.40. The molecule has 9 heteroatoms. The molecule has 40 heavy (non-hydrogen) atoms. The van der Waals surface area contributed by atoms with E-state index >= 15 is 0 Å². The summed E-state index contributed by atoms with van der Waals surface area (Å²) in [7, 11) is 1.73. The van der Waals surface area contributed by atoms with E-state index in [1.807, 2.05) is 51.1 Å². The highest BCUT2D eigenvalue weighted by atomic mass is 35.5. The first-order valence-corrected chi connectivity index (χ1v) is 13.4. The van der Waals surface area contributed by atoms with E-state index in [4.69, 9.17) is 16.6 Å². The summed E-state index contributed by atoms with van der Waals surface area (Å²) in [6.07, 6.45) is 2.62. The lowest BCUT2D eigenvalue weighted by atomic mass is 9.82. The molecular formula is C31H30ClF2N5O. The largest absolute Gasteiger partial charge is 0.374 e. The zero-order valence-corrected chi connectivity index (χ0v) is 23.8. The van der Waals surface area contributed by atoms with Gasteiger partial charge in [0, 0.05) is 54.0 Å². The molecule has 3 aromatic heterocycles. The lowest BCUT2D eigenvalue weighted by Crippen LogP contribution is -2.32. The van der Waals surface area contributed by atoms with E-state index < -0.39 is 11.5 Å². The van der Waals surface area contributed by atoms with E-state index in [1.54, 1.807) is 30.1 Å². The molecule has 0 amide bonds. The molecule has 1 N–H and O–H groups in total. The van der Waals surface area contributed by atoms with E-state index in [1.165, 1.54) is 12.1 Å². The molecule has 0 fully saturated rings. The van der Waals surface area contributed by atoms with Gasteiger partial charge in [-0.25, -0.2) is 13.5 Å². The predicted molar refractivity (Wildman–Crippen MR) is 152 cm³/mol. The zero-order chi connectivity index (χ0) is 28.8. The van der Waals surface area contributed by atoms with Gasteiger partial charge in [0.15, 0.2) is 5.60 Å². The van der Waals surface area contributed by atoms with E-state index in [-0.39, 0.29) is 5.56 Å². The molecule has 0 saturated heterocycles. The van der Waals surface area contributed by atoms with Crippen molar-refractivity contribution in [3.63, 3.8) is 0 Å². The Kier molecular flexibility index (Phi) is 7.18. The summed E-state index contributed by atoms with van der Waals surface area (Å²) in [6.45, 7) is 6.65. The number of alkyl halides is 2. The normalized spacial score (nSPS) is 13.5. The molecule has 0 radical (unpaired) electrons. The van der Waals surface area contributed by atoms with Gasteiger partial charge in [-0.1, -0.05) is 60.1 Å². The SMILES string of the molecule is CCc1nc2ccc(C(O)(c3ccc(C)nc3C)c3cnnn3C)cc2c(Cl)c1Cc1ccc(C(C)(F)F)cc1. The molecule has 6 nitrogen and oxygen atoms in total. The summed E-state index contributed by atoms with van der Waals surface area (Å²) in [5.74, 6) is -2.91. The first-order chi connectivity index (χ1) is 18.9. The van der Waals surface area contributed by atoms with Crippen molar-refractivity contribution in [2.75, 3.05) is 0 Å². The number of hydrogen-bond donors (Lipinski definition) is 1. The van der Waals surface area contributed by atoms with E-state index in [0.29, 0.717) is 51.3 Å². The standard InChI is InChI=1S/C31H30ClF2N5O/c1-6-26-23(15-20-8-10-21(11-9-20)30(4,33)34)29(32)24-16-22(12-14-27(24)37-26)31(40,28-17-35-38-39(28)5)25-13-7-18(2)36-19(25)3/h7-14,16-17,40H,6,15H2,1-5H3. The van der Waals surface area contributed by atoms with Gasteiger partial charge in [-0.05, 0) is 55.2 Å². The summed E-state index contributed by atoms with van der Waals surface area (Å²) in [6, 6.07) is 15.5. The number of pyridine rings is 2. The number of rotatable bonds is 7. The second kappa shape index (κ2) is 10.3. The molecule has 0 aliphatic rings. The maximum atomic E-state index is 13.7. The van der Waals surface area contributed by atoms with Crippen molar-refractivity contribution in [1.82, 2.24) is 25.0 Å². The van der Waals surface area contributed by atoms with Gasteiger partial charge in [-0.2, -0.15) is 0 Å². The predicted octanol–water partition coefficient (Wildman–Crippen LogP) is 6.58. The number of aromatic nitrogens is 5. The van der Waals surface area contributed by atoms with Gasteiger partial charge in [0.25, 0.3) is 5.92 Å². The van der Waals surface area contributed by atoms with Crippen molar-refractivity contribution in [3.8, 4) is 0 Å². The Labute approximate surface area is 236 Å². The van der Waals surface area contributed by atoms with Crippen LogP contribution < -0.4 is 0 Å². The van der Waals surface area contributed by atoms with E-state index in [0.717, 1.165) is 29.4 Å². The maximum absolute atomic E-state index is 13.7. The van der Waals surface area contributed by atoms with Crippen LogP contribution in [0.15, 0.2) is 60.8 Å². The Hall–Kier alpha value is -3.75. The second-order valence-corrected chi connectivity index (χ2v) is 10.6. The van der Waals surface area contributed by atoms with Crippen LogP contribution in [0, 0.1) is 13.8 Å². The van der Waals surface area contributed by atoms with Crippen LogP contribution in [0.3, 0.4) is 0 Å². The van der Waals surface area contributed by atoms with Gasteiger partial charge in [0.2, 0.25) is 0 Å².